The second kappa shape index (κ2) is 6.11. The van der Waals surface area contributed by atoms with E-state index < -0.39 is 18.2 Å². The third-order valence-corrected chi connectivity index (χ3v) is 3.73. The largest absolute Gasteiger partial charge is 0.493 e. The number of anilines is 1. The number of carbonyl (C=O) groups is 2. The molecule has 0 fully saturated rings. The average Bonchev–Trinajstić information content (AvgIpc) is 2.60. The summed E-state index contributed by atoms with van der Waals surface area (Å²) in [6.07, 6.45) is -0.946. The van der Waals surface area contributed by atoms with Crippen molar-refractivity contribution in [3.63, 3.8) is 0 Å². The minimum Gasteiger partial charge on any atom is -0.493 e. The molecule has 1 unspecified atom stereocenters. The van der Waals surface area contributed by atoms with Crippen LogP contribution < -0.4 is 14.8 Å². The molecule has 0 saturated heterocycles. The Morgan fingerprint density at radius 1 is 1.17 bits per heavy atom. The second-order valence-corrected chi connectivity index (χ2v) is 5.05. The molecule has 0 radical (unpaired) electrons. The van der Waals surface area contributed by atoms with Crippen molar-refractivity contribution in [3.8, 4) is 11.5 Å². The molecular weight excluding hydrogens is 314 g/mol. The molecule has 124 valence electrons. The van der Waals surface area contributed by atoms with Crippen LogP contribution in [0.5, 0.6) is 11.5 Å². The van der Waals surface area contributed by atoms with Crippen molar-refractivity contribution in [2.45, 2.75) is 6.23 Å². The van der Waals surface area contributed by atoms with Gasteiger partial charge in [-0.2, -0.15) is 0 Å². The molecule has 1 aliphatic rings. The monoisotopic (exact) mass is 329 g/mol. The van der Waals surface area contributed by atoms with E-state index in [4.69, 9.17) is 14.2 Å². The molecule has 0 amide bonds. The van der Waals surface area contributed by atoms with Crippen LogP contribution in [-0.4, -0.2) is 31.3 Å². The molecule has 3 rings (SSSR count). The maximum absolute atomic E-state index is 12.2. The highest BCUT2D eigenvalue weighted by molar-refractivity contribution is 5.98. The van der Waals surface area contributed by atoms with Crippen LogP contribution in [-0.2, 0) is 4.74 Å². The van der Waals surface area contributed by atoms with Crippen LogP contribution in [0.3, 0.4) is 0 Å². The first kappa shape index (κ1) is 15.7. The molecule has 24 heavy (non-hydrogen) atoms. The molecule has 0 spiro atoms. The molecule has 7 nitrogen and oxygen atoms in total. The molecule has 0 saturated carbocycles. The zero-order valence-corrected chi connectivity index (χ0v) is 13.0. The van der Waals surface area contributed by atoms with Gasteiger partial charge in [0.25, 0.3) is 0 Å². The van der Waals surface area contributed by atoms with E-state index in [2.05, 4.69) is 5.32 Å². The lowest BCUT2D eigenvalue weighted by Gasteiger charge is -2.28. The average molecular weight is 329 g/mol. The van der Waals surface area contributed by atoms with Crippen molar-refractivity contribution in [2.24, 2.45) is 0 Å². The van der Waals surface area contributed by atoms with Crippen molar-refractivity contribution in [1.29, 1.82) is 0 Å². The number of methoxy groups -OCH3 is 2. The van der Waals surface area contributed by atoms with E-state index in [-0.39, 0.29) is 22.6 Å². The Hall–Kier alpha value is -3.22. The summed E-state index contributed by atoms with van der Waals surface area (Å²) >= 11 is 0. The lowest BCUT2D eigenvalue weighted by atomic mass is 10.0. The number of cyclic esters (lactones) is 1. The molecule has 2 aromatic carbocycles. The van der Waals surface area contributed by atoms with Crippen molar-refractivity contribution < 1.29 is 28.9 Å². The topological polar surface area (TPSA) is 94.1 Å². The fourth-order valence-corrected chi connectivity index (χ4v) is 2.65. The highest BCUT2D eigenvalue weighted by Crippen LogP contribution is 2.39. The number of ether oxygens (including phenoxy) is 3. The number of fused-ring (bicyclic) bond motifs is 1. The SMILES string of the molecule is COc1ccc(C2Nc3ccccc3C(=O)O2)c(C(=O)O)c1OC. The summed E-state index contributed by atoms with van der Waals surface area (Å²) in [6, 6.07) is 9.95. The first-order chi connectivity index (χ1) is 11.6. The molecular formula is C17H15NO6. The van der Waals surface area contributed by atoms with Gasteiger partial charge in [-0.15, -0.1) is 0 Å². The molecule has 2 aromatic rings. The minimum atomic E-state index is -1.21. The fourth-order valence-electron chi connectivity index (χ4n) is 2.65. The van der Waals surface area contributed by atoms with Crippen molar-refractivity contribution in [2.75, 3.05) is 19.5 Å². The number of carboxylic acids is 1. The molecule has 7 heteroatoms. The predicted octanol–water partition coefficient (Wildman–Crippen LogP) is 2.68. The number of carboxylic acid groups (broad SMARTS) is 1. The normalized spacial score (nSPS) is 15.8. The van der Waals surface area contributed by atoms with E-state index in [1.165, 1.54) is 20.3 Å². The van der Waals surface area contributed by atoms with Gasteiger partial charge in [-0.1, -0.05) is 12.1 Å². The van der Waals surface area contributed by atoms with E-state index in [1.54, 1.807) is 30.3 Å². The van der Waals surface area contributed by atoms with Gasteiger partial charge in [0, 0.05) is 5.56 Å². The summed E-state index contributed by atoms with van der Waals surface area (Å²) in [5.41, 5.74) is 1.11. The first-order valence-electron chi connectivity index (χ1n) is 7.11. The van der Waals surface area contributed by atoms with Gasteiger partial charge in [-0.3, -0.25) is 0 Å². The van der Waals surface area contributed by atoms with Crippen LogP contribution in [0.2, 0.25) is 0 Å². The second-order valence-electron chi connectivity index (χ2n) is 5.05. The van der Waals surface area contributed by atoms with Crippen molar-refractivity contribution >= 4 is 17.6 Å². The van der Waals surface area contributed by atoms with Crippen LogP contribution >= 0.6 is 0 Å². The highest BCUT2D eigenvalue weighted by Gasteiger charge is 2.32. The first-order valence-corrected chi connectivity index (χ1v) is 7.11. The number of nitrogens with one attached hydrogen (secondary N) is 1. The van der Waals surface area contributed by atoms with E-state index in [9.17, 15) is 14.7 Å². The van der Waals surface area contributed by atoms with Crippen LogP contribution in [0, 0.1) is 0 Å². The van der Waals surface area contributed by atoms with Gasteiger partial charge >= 0.3 is 11.9 Å². The van der Waals surface area contributed by atoms with Gasteiger partial charge < -0.3 is 24.6 Å². The van der Waals surface area contributed by atoms with Gasteiger partial charge in [0.05, 0.1) is 25.5 Å². The quantitative estimate of drug-likeness (QED) is 0.833. The molecule has 0 bridgehead atoms. The number of hydrogen-bond acceptors (Lipinski definition) is 6. The molecule has 2 N–H and O–H groups in total. The number of hydrogen-bond donors (Lipinski definition) is 2. The molecule has 0 aromatic heterocycles. The summed E-state index contributed by atoms with van der Waals surface area (Å²) in [7, 11) is 2.77. The Bertz CT molecular complexity index is 817. The standard InChI is InChI=1S/C17H15NO6/c1-22-12-8-7-10(13(16(19)20)14(12)23-2)15-18-11-6-4-3-5-9(11)17(21)24-15/h3-8,15,18H,1-2H3,(H,19,20). The van der Waals surface area contributed by atoms with E-state index in [1.807, 2.05) is 0 Å². The lowest BCUT2D eigenvalue weighted by Crippen LogP contribution is -2.27. The van der Waals surface area contributed by atoms with Crippen LogP contribution in [0.4, 0.5) is 5.69 Å². The van der Waals surface area contributed by atoms with Gasteiger partial charge in [0.1, 0.15) is 5.56 Å². The highest BCUT2D eigenvalue weighted by atomic mass is 16.6. The van der Waals surface area contributed by atoms with Crippen molar-refractivity contribution in [3.05, 3.63) is 53.1 Å². The van der Waals surface area contributed by atoms with Crippen molar-refractivity contribution in [1.82, 2.24) is 0 Å². The zero-order chi connectivity index (χ0) is 17.3. The smallest absolute Gasteiger partial charge is 0.342 e. The van der Waals surface area contributed by atoms with Crippen LogP contribution in [0.25, 0.3) is 0 Å². The Kier molecular flexibility index (Phi) is 3.99. The Labute approximate surface area is 137 Å². The minimum absolute atomic E-state index is 0.0687. The lowest BCUT2D eigenvalue weighted by molar-refractivity contribution is 0.0323. The number of benzene rings is 2. The van der Waals surface area contributed by atoms with E-state index in [0.29, 0.717) is 11.3 Å². The third-order valence-electron chi connectivity index (χ3n) is 3.73. The maximum atomic E-state index is 12.2. The number of esters is 1. The van der Waals surface area contributed by atoms with Gasteiger partial charge in [0.15, 0.2) is 11.5 Å². The Balaban J connectivity index is 2.11. The zero-order valence-electron chi connectivity index (χ0n) is 13.0. The Morgan fingerprint density at radius 3 is 2.58 bits per heavy atom. The molecule has 1 heterocycles. The number of rotatable bonds is 4. The Morgan fingerprint density at radius 2 is 1.92 bits per heavy atom. The number of aromatic carboxylic acids is 1. The summed E-state index contributed by atoms with van der Waals surface area (Å²) < 4.78 is 15.7. The molecule has 1 aliphatic heterocycles. The van der Waals surface area contributed by atoms with E-state index >= 15 is 0 Å². The fraction of sp³-hybridized carbons (Fsp3) is 0.176. The third kappa shape index (κ3) is 2.50. The number of para-hydroxylation sites is 1. The van der Waals surface area contributed by atoms with E-state index in [0.717, 1.165) is 0 Å². The van der Waals surface area contributed by atoms with Gasteiger partial charge in [-0.05, 0) is 24.3 Å². The summed E-state index contributed by atoms with van der Waals surface area (Å²) in [6.45, 7) is 0. The molecule has 1 atom stereocenters. The predicted molar refractivity (Wildman–Crippen MR) is 84.7 cm³/mol. The summed E-state index contributed by atoms with van der Waals surface area (Å²) in [5, 5.41) is 12.6. The van der Waals surface area contributed by atoms with Crippen LogP contribution in [0.15, 0.2) is 36.4 Å². The number of carbonyl (C=O) groups excluding carboxylic acids is 1. The van der Waals surface area contributed by atoms with Gasteiger partial charge in [0.2, 0.25) is 6.23 Å². The van der Waals surface area contributed by atoms with Crippen LogP contribution in [0.1, 0.15) is 32.5 Å². The maximum Gasteiger partial charge on any atom is 0.342 e. The molecule has 0 aliphatic carbocycles. The van der Waals surface area contributed by atoms with Gasteiger partial charge in [-0.25, -0.2) is 9.59 Å². The summed E-state index contributed by atoms with van der Waals surface area (Å²) in [4.78, 5) is 23.9. The summed E-state index contributed by atoms with van der Waals surface area (Å²) in [5.74, 6) is -1.39.